The maximum atomic E-state index is 11.8. The predicted molar refractivity (Wildman–Crippen MR) is 69.5 cm³/mol. The first-order valence-corrected chi connectivity index (χ1v) is 5.70. The third-order valence-corrected chi connectivity index (χ3v) is 2.23. The number of carbonyl (C=O) groups is 1. The fourth-order valence-electron chi connectivity index (χ4n) is 1.37. The van der Waals surface area contributed by atoms with Crippen molar-refractivity contribution in [1.29, 1.82) is 0 Å². The lowest BCUT2D eigenvalue weighted by molar-refractivity contribution is 0.102. The average Bonchev–Trinajstić information content (AvgIpc) is 2.93. The Balaban J connectivity index is 2.07. The Labute approximate surface area is 110 Å². The minimum Gasteiger partial charge on any atom is -0.472 e. The summed E-state index contributed by atoms with van der Waals surface area (Å²) in [6, 6.07) is 6.73. The van der Waals surface area contributed by atoms with Gasteiger partial charge in [-0.3, -0.25) is 4.79 Å². The lowest BCUT2D eigenvalue weighted by Gasteiger charge is -2.02. The molecule has 0 fully saturated rings. The SMILES string of the molecule is O=C(Nc1cccc(C#CCCO)n1)c1ccoc1. The summed E-state index contributed by atoms with van der Waals surface area (Å²) in [5.41, 5.74) is 0.969. The number of furan rings is 1. The summed E-state index contributed by atoms with van der Waals surface area (Å²) < 4.78 is 4.84. The summed E-state index contributed by atoms with van der Waals surface area (Å²) in [4.78, 5) is 15.9. The molecule has 0 saturated heterocycles. The summed E-state index contributed by atoms with van der Waals surface area (Å²) in [5, 5.41) is 11.3. The number of aliphatic hydroxyl groups is 1. The number of anilines is 1. The molecule has 0 aromatic carbocycles. The van der Waals surface area contributed by atoms with E-state index >= 15 is 0 Å². The van der Waals surface area contributed by atoms with Crippen LogP contribution < -0.4 is 5.32 Å². The van der Waals surface area contributed by atoms with E-state index in [1.807, 2.05) is 0 Å². The number of carbonyl (C=O) groups excluding carboxylic acids is 1. The van der Waals surface area contributed by atoms with Gasteiger partial charge < -0.3 is 14.8 Å². The van der Waals surface area contributed by atoms with Crippen molar-refractivity contribution in [3.05, 3.63) is 48.0 Å². The van der Waals surface area contributed by atoms with Crippen molar-refractivity contribution < 1.29 is 14.3 Å². The molecule has 96 valence electrons. The highest BCUT2D eigenvalue weighted by molar-refractivity contribution is 6.03. The molecule has 2 N–H and O–H groups in total. The quantitative estimate of drug-likeness (QED) is 0.819. The number of rotatable bonds is 3. The van der Waals surface area contributed by atoms with Crippen LogP contribution in [0.2, 0.25) is 0 Å². The Morgan fingerprint density at radius 1 is 1.42 bits per heavy atom. The van der Waals surface area contributed by atoms with Crippen molar-refractivity contribution >= 4 is 11.7 Å². The van der Waals surface area contributed by atoms with Gasteiger partial charge in [-0.15, -0.1) is 0 Å². The van der Waals surface area contributed by atoms with Crippen LogP contribution in [0.25, 0.3) is 0 Å². The van der Waals surface area contributed by atoms with Gasteiger partial charge >= 0.3 is 0 Å². The van der Waals surface area contributed by atoms with Gasteiger partial charge in [-0.1, -0.05) is 12.0 Å². The molecule has 0 aliphatic heterocycles. The number of hydrogen-bond donors (Lipinski definition) is 2. The molecule has 0 unspecified atom stereocenters. The molecule has 5 heteroatoms. The highest BCUT2D eigenvalue weighted by Crippen LogP contribution is 2.07. The van der Waals surface area contributed by atoms with Crippen molar-refractivity contribution in [2.24, 2.45) is 0 Å². The van der Waals surface area contributed by atoms with E-state index in [4.69, 9.17) is 9.52 Å². The Kier molecular flexibility index (Phi) is 4.32. The van der Waals surface area contributed by atoms with E-state index < -0.39 is 0 Å². The summed E-state index contributed by atoms with van der Waals surface area (Å²) in [7, 11) is 0. The zero-order valence-electron chi connectivity index (χ0n) is 10.1. The second-order valence-electron chi connectivity index (χ2n) is 3.65. The Morgan fingerprint density at radius 3 is 3.05 bits per heavy atom. The van der Waals surface area contributed by atoms with Crippen LogP contribution in [-0.2, 0) is 0 Å². The van der Waals surface area contributed by atoms with Crippen molar-refractivity contribution in [2.75, 3.05) is 11.9 Å². The first-order chi connectivity index (χ1) is 9.29. The fourth-order valence-corrected chi connectivity index (χ4v) is 1.37. The van der Waals surface area contributed by atoms with E-state index in [0.29, 0.717) is 23.5 Å². The highest BCUT2D eigenvalue weighted by Gasteiger charge is 2.07. The summed E-state index contributed by atoms with van der Waals surface area (Å²) in [5.74, 6) is 5.70. The van der Waals surface area contributed by atoms with Gasteiger partial charge in [0.2, 0.25) is 0 Å². The minimum atomic E-state index is -0.290. The van der Waals surface area contributed by atoms with Gasteiger partial charge in [-0.05, 0) is 24.1 Å². The maximum Gasteiger partial charge on any atom is 0.260 e. The Morgan fingerprint density at radius 2 is 2.32 bits per heavy atom. The molecule has 0 atom stereocenters. The largest absolute Gasteiger partial charge is 0.472 e. The molecule has 19 heavy (non-hydrogen) atoms. The van der Waals surface area contributed by atoms with Crippen LogP contribution in [0, 0.1) is 11.8 Å². The number of aromatic nitrogens is 1. The Bertz CT molecular complexity index is 609. The van der Waals surface area contributed by atoms with Crippen LogP contribution in [0.1, 0.15) is 22.5 Å². The average molecular weight is 256 g/mol. The second-order valence-corrected chi connectivity index (χ2v) is 3.65. The fraction of sp³-hybridized carbons (Fsp3) is 0.143. The maximum absolute atomic E-state index is 11.8. The molecule has 1 amide bonds. The number of amides is 1. The summed E-state index contributed by atoms with van der Waals surface area (Å²) >= 11 is 0. The van der Waals surface area contributed by atoms with Gasteiger partial charge in [0, 0.05) is 6.42 Å². The van der Waals surface area contributed by atoms with E-state index in [2.05, 4.69) is 22.1 Å². The van der Waals surface area contributed by atoms with E-state index in [1.165, 1.54) is 12.5 Å². The number of nitrogens with zero attached hydrogens (tertiary/aromatic N) is 1. The first-order valence-electron chi connectivity index (χ1n) is 5.70. The number of pyridine rings is 1. The molecule has 0 radical (unpaired) electrons. The van der Waals surface area contributed by atoms with Crippen molar-refractivity contribution in [3.63, 3.8) is 0 Å². The molecule has 5 nitrogen and oxygen atoms in total. The third-order valence-electron chi connectivity index (χ3n) is 2.23. The summed E-state index contributed by atoms with van der Waals surface area (Å²) in [6.45, 7) is 0.0178. The number of nitrogens with one attached hydrogen (secondary N) is 1. The zero-order valence-corrected chi connectivity index (χ0v) is 10.1. The van der Waals surface area contributed by atoms with Crippen molar-refractivity contribution in [3.8, 4) is 11.8 Å². The van der Waals surface area contributed by atoms with Gasteiger partial charge in [0.15, 0.2) is 0 Å². The molecule has 0 spiro atoms. The molecular formula is C14H12N2O3. The standard InChI is InChI=1S/C14H12N2O3/c17-8-2-1-4-12-5-3-6-13(15-12)16-14(18)11-7-9-19-10-11/h3,5-7,9-10,17H,2,8H2,(H,15,16,18). The molecule has 2 aromatic rings. The van der Waals surface area contributed by atoms with Crippen LogP contribution in [0.15, 0.2) is 41.2 Å². The topological polar surface area (TPSA) is 75.4 Å². The van der Waals surface area contributed by atoms with E-state index in [0.717, 1.165) is 0 Å². The third kappa shape index (κ3) is 3.69. The van der Waals surface area contributed by atoms with Gasteiger partial charge in [0.1, 0.15) is 17.8 Å². The molecule has 0 saturated carbocycles. The van der Waals surface area contributed by atoms with Crippen molar-refractivity contribution in [2.45, 2.75) is 6.42 Å². The smallest absolute Gasteiger partial charge is 0.260 e. The van der Waals surface area contributed by atoms with Crippen LogP contribution in [0.4, 0.5) is 5.82 Å². The van der Waals surface area contributed by atoms with Crippen LogP contribution >= 0.6 is 0 Å². The second kappa shape index (κ2) is 6.38. The number of aliphatic hydroxyl groups excluding tert-OH is 1. The minimum absolute atomic E-state index is 0.0178. The van der Waals surface area contributed by atoms with Gasteiger partial charge in [-0.2, -0.15) is 0 Å². The van der Waals surface area contributed by atoms with Crippen molar-refractivity contribution in [1.82, 2.24) is 4.98 Å². The lowest BCUT2D eigenvalue weighted by Crippen LogP contribution is -2.12. The molecule has 0 bridgehead atoms. The van der Waals surface area contributed by atoms with E-state index in [1.54, 1.807) is 24.3 Å². The molecule has 0 aliphatic carbocycles. The van der Waals surface area contributed by atoms with Crippen LogP contribution in [0.3, 0.4) is 0 Å². The van der Waals surface area contributed by atoms with Gasteiger partial charge in [0.05, 0.1) is 18.4 Å². The summed E-state index contributed by atoms with van der Waals surface area (Å²) in [6.07, 6.45) is 3.19. The zero-order chi connectivity index (χ0) is 13.5. The van der Waals surface area contributed by atoms with Crippen LogP contribution in [-0.4, -0.2) is 22.6 Å². The normalized spacial score (nSPS) is 9.53. The predicted octanol–water partition coefficient (Wildman–Crippen LogP) is 1.66. The van der Waals surface area contributed by atoms with Gasteiger partial charge in [-0.25, -0.2) is 4.98 Å². The monoisotopic (exact) mass is 256 g/mol. The first kappa shape index (κ1) is 12.9. The Hall–Kier alpha value is -2.58. The van der Waals surface area contributed by atoms with Gasteiger partial charge in [0.25, 0.3) is 5.91 Å². The molecular weight excluding hydrogens is 244 g/mol. The molecule has 0 aliphatic rings. The molecule has 2 aromatic heterocycles. The van der Waals surface area contributed by atoms with E-state index in [-0.39, 0.29) is 12.5 Å². The highest BCUT2D eigenvalue weighted by atomic mass is 16.3. The molecule has 2 rings (SSSR count). The molecule has 2 heterocycles. The lowest BCUT2D eigenvalue weighted by atomic mass is 10.3. The number of hydrogen-bond acceptors (Lipinski definition) is 4. The van der Waals surface area contributed by atoms with E-state index in [9.17, 15) is 4.79 Å². The van der Waals surface area contributed by atoms with Crippen LogP contribution in [0.5, 0.6) is 0 Å².